The number of nitrogens with two attached hydrogens (primary N) is 1. The summed E-state index contributed by atoms with van der Waals surface area (Å²) < 4.78 is 0.947. The normalized spacial score (nSPS) is 18.8. The van der Waals surface area contributed by atoms with E-state index in [1.807, 2.05) is 0 Å². The lowest BCUT2D eigenvalue weighted by molar-refractivity contribution is 0.669. The Bertz CT molecular complexity index is 416. The monoisotopic (exact) mass is 311 g/mol. The summed E-state index contributed by atoms with van der Waals surface area (Å²) in [6, 6.07) is 0. The molecule has 2 fully saturated rings. The van der Waals surface area contributed by atoms with Crippen LogP contribution in [0.25, 0.3) is 0 Å². The number of nitrogens with zero attached hydrogens (tertiary/aromatic N) is 3. The van der Waals surface area contributed by atoms with Gasteiger partial charge < -0.3 is 4.90 Å². The Balaban J connectivity index is 1.81. The average molecular weight is 312 g/mol. The Hall–Kier alpha value is -0.880. The number of rotatable bonds is 6. The predicted octanol–water partition coefficient (Wildman–Crippen LogP) is 2.15. The quantitative estimate of drug-likeness (QED) is 0.622. The fourth-order valence-electron chi connectivity index (χ4n) is 2.12. The minimum absolute atomic E-state index is 0.477. The zero-order valence-corrected chi connectivity index (χ0v) is 11.9. The van der Waals surface area contributed by atoms with Gasteiger partial charge in [0.2, 0.25) is 5.95 Å². The van der Waals surface area contributed by atoms with Crippen molar-refractivity contribution in [2.24, 2.45) is 17.7 Å². The van der Waals surface area contributed by atoms with Gasteiger partial charge in [-0.3, -0.25) is 5.43 Å². The summed E-state index contributed by atoms with van der Waals surface area (Å²) >= 11 is 3.55. The third-order valence-electron chi connectivity index (χ3n) is 3.51. The van der Waals surface area contributed by atoms with Crippen molar-refractivity contribution >= 4 is 27.7 Å². The zero-order chi connectivity index (χ0) is 12.5. The molecule has 0 aliphatic heterocycles. The third-order valence-corrected chi connectivity index (χ3v) is 4.06. The first kappa shape index (κ1) is 12.2. The van der Waals surface area contributed by atoms with E-state index in [-0.39, 0.29) is 0 Å². The number of anilines is 2. The van der Waals surface area contributed by atoms with Crippen LogP contribution in [-0.4, -0.2) is 23.1 Å². The third kappa shape index (κ3) is 2.92. The lowest BCUT2D eigenvalue weighted by Gasteiger charge is -2.24. The van der Waals surface area contributed by atoms with Crippen molar-refractivity contribution in [1.82, 2.24) is 9.97 Å². The molecule has 0 aromatic carbocycles. The molecule has 2 aliphatic carbocycles. The van der Waals surface area contributed by atoms with Crippen LogP contribution in [0.2, 0.25) is 0 Å². The molecule has 0 radical (unpaired) electrons. The van der Waals surface area contributed by atoms with Crippen LogP contribution in [-0.2, 0) is 0 Å². The molecule has 0 unspecified atom stereocenters. The standard InChI is InChI=1S/C12H18BrN5/c13-10-5-15-12(17-14)16-11(10)18(6-8-1-2-8)7-9-3-4-9/h5,8-9H,1-4,6-7,14H2,(H,15,16,17). The van der Waals surface area contributed by atoms with E-state index in [1.54, 1.807) is 6.20 Å². The largest absolute Gasteiger partial charge is 0.355 e. The molecule has 5 nitrogen and oxygen atoms in total. The van der Waals surface area contributed by atoms with Gasteiger partial charge >= 0.3 is 0 Å². The molecule has 3 N–H and O–H groups in total. The Morgan fingerprint density at radius 2 is 1.89 bits per heavy atom. The van der Waals surface area contributed by atoms with Gasteiger partial charge in [-0.1, -0.05) is 0 Å². The molecule has 98 valence electrons. The van der Waals surface area contributed by atoms with Crippen molar-refractivity contribution < 1.29 is 0 Å². The first-order valence-corrected chi connectivity index (χ1v) is 7.29. The number of nitrogens with one attached hydrogen (secondary N) is 1. The maximum absolute atomic E-state index is 5.39. The van der Waals surface area contributed by atoms with Crippen LogP contribution in [0, 0.1) is 11.8 Å². The minimum Gasteiger partial charge on any atom is -0.355 e. The Morgan fingerprint density at radius 1 is 1.28 bits per heavy atom. The van der Waals surface area contributed by atoms with Crippen LogP contribution in [0.1, 0.15) is 25.7 Å². The number of aromatic nitrogens is 2. The maximum Gasteiger partial charge on any atom is 0.239 e. The van der Waals surface area contributed by atoms with Crippen molar-refractivity contribution in [2.45, 2.75) is 25.7 Å². The number of hydrogen-bond acceptors (Lipinski definition) is 5. The summed E-state index contributed by atoms with van der Waals surface area (Å²) in [5.74, 6) is 8.53. The topological polar surface area (TPSA) is 67.1 Å². The minimum atomic E-state index is 0.477. The highest BCUT2D eigenvalue weighted by Crippen LogP contribution is 2.37. The second-order valence-corrected chi connectivity index (χ2v) is 6.16. The summed E-state index contributed by atoms with van der Waals surface area (Å²) in [5.41, 5.74) is 2.52. The summed E-state index contributed by atoms with van der Waals surface area (Å²) in [7, 11) is 0. The van der Waals surface area contributed by atoms with Gasteiger partial charge in [0.1, 0.15) is 5.82 Å². The molecule has 0 atom stereocenters. The highest BCUT2D eigenvalue weighted by molar-refractivity contribution is 9.10. The van der Waals surface area contributed by atoms with E-state index in [1.165, 1.54) is 25.7 Å². The fourth-order valence-corrected chi connectivity index (χ4v) is 2.56. The molecular formula is C12H18BrN5. The fraction of sp³-hybridized carbons (Fsp3) is 0.667. The lowest BCUT2D eigenvalue weighted by atomic mass is 10.3. The van der Waals surface area contributed by atoms with Gasteiger partial charge in [0.15, 0.2) is 0 Å². The van der Waals surface area contributed by atoms with Crippen molar-refractivity contribution in [3.05, 3.63) is 10.7 Å². The summed E-state index contributed by atoms with van der Waals surface area (Å²) in [6.45, 7) is 2.21. The summed E-state index contributed by atoms with van der Waals surface area (Å²) in [6.07, 6.45) is 7.18. The van der Waals surface area contributed by atoms with E-state index in [0.29, 0.717) is 5.95 Å². The molecule has 2 aliphatic rings. The Morgan fingerprint density at radius 3 is 2.39 bits per heavy atom. The Labute approximate surface area is 115 Å². The molecule has 18 heavy (non-hydrogen) atoms. The van der Waals surface area contributed by atoms with Crippen LogP contribution in [0.4, 0.5) is 11.8 Å². The molecule has 1 heterocycles. The lowest BCUT2D eigenvalue weighted by Crippen LogP contribution is -2.29. The van der Waals surface area contributed by atoms with Gasteiger partial charge in [-0.2, -0.15) is 4.98 Å². The first-order chi connectivity index (χ1) is 8.76. The van der Waals surface area contributed by atoms with Gasteiger partial charge in [0.05, 0.1) is 4.47 Å². The maximum atomic E-state index is 5.39. The smallest absolute Gasteiger partial charge is 0.239 e. The SMILES string of the molecule is NNc1ncc(Br)c(N(CC2CC2)CC2CC2)n1. The average Bonchev–Trinajstić information content (AvgIpc) is 3.24. The number of hydrazine groups is 1. The van der Waals surface area contributed by atoms with Crippen molar-refractivity contribution in [2.75, 3.05) is 23.4 Å². The molecule has 0 spiro atoms. The molecular weight excluding hydrogens is 294 g/mol. The summed E-state index contributed by atoms with van der Waals surface area (Å²) in [5, 5.41) is 0. The second kappa shape index (κ2) is 5.01. The zero-order valence-electron chi connectivity index (χ0n) is 10.3. The number of halogens is 1. The molecule has 2 saturated carbocycles. The number of nitrogen functional groups attached to an aromatic ring is 1. The van der Waals surface area contributed by atoms with Crippen LogP contribution in [0.5, 0.6) is 0 Å². The van der Waals surface area contributed by atoms with Crippen LogP contribution >= 0.6 is 15.9 Å². The van der Waals surface area contributed by atoms with E-state index in [4.69, 9.17) is 5.84 Å². The molecule has 1 aromatic rings. The molecule has 0 amide bonds. The van der Waals surface area contributed by atoms with Gasteiger partial charge in [-0.05, 0) is 53.4 Å². The highest BCUT2D eigenvalue weighted by Gasteiger charge is 2.30. The van der Waals surface area contributed by atoms with Crippen molar-refractivity contribution in [3.8, 4) is 0 Å². The highest BCUT2D eigenvalue weighted by atomic mass is 79.9. The first-order valence-electron chi connectivity index (χ1n) is 6.50. The summed E-state index contributed by atoms with van der Waals surface area (Å²) in [4.78, 5) is 11.0. The van der Waals surface area contributed by atoms with E-state index in [9.17, 15) is 0 Å². The van der Waals surface area contributed by atoms with Crippen molar-refractivity contribution in [1.29, 1.82) is 0 Å². The Kier molecular flexibility index (Phi) is 3.39. The second-order valence-electron chi connectivity index (χ2n) is 5.30. The van der Waals surface area contributed by atoms with Crippen LogP contribution < -0.4 is 16.2 Å². The van der Waals surface area contributed by atoms with Crippen LogP contribution in [0.15, 0.2) is 10.7 Å². The molecule has 0 saturated heterocycles. The van der Waals surface area contributed by atoms with Gasteiger partial charge in [-0.15, -0.1) is 0 Å². The van der Waals surface area contributed by atoms with E-state index in [2.05, 4.69) is 36.2 Å². The predicted molar refractivity (Wildman–Crippen MR) is 75.2 cm³/mol. The molecule has 0 bridgehead atoms. The van der Waals surface area contributed by atoms with Gasteiger partial charge in [0, 0.05) is 19.3 Å². The van der Waals surface area contributed by atoms with Gasteiger partial charge in [0.25, 0.3) is 0 Å². The molecule has 6 heteroatoms. The van der Waals surface area contributed by atoms with E-state index < -0.39 is 0 Å². The molecule has 3 rings (SSSR count). The molecule has 1 aromatic heterocycles. The van der Waals surface area contributed by atoms with Gasteiger partial charge in [-0.25, -0.2) is 10.8 Å². The van der Waals surface area contributed by atoms with Crippen molar-refractivity contribution in [3.63, 3.8) is 0 Å². The van der Waals surface area contributed by atoms with E-state index >= 15 is 0 Å². The van der Waals surface area contributed by atoms with E-state index in [0.717, 1.165) is 35.2 Å². The number of hydrogen-bond donors (Lipinski definition) is 2. The van der Waals surface area contributed by atoms with Crippen LogP contribution in [0.3, 0.4) is 0 Å².